The highest BCUT2D eigenvalue weighted by Crippen LogP contribution is 2.40. The fraction of sp³-hybridized carbons (Fsp3) is 0.529. The maximum Gasteiger partial charge on any atom is 0.416 e. The Morgan fingerprint density at radius 3 is 2.77 bits per heavy atom. The molecule has 1 heterocycles. The maximum absolute atomic E-state index is 12.9. The van der Waals surface area contributed by atoms with E-state index in [1.54, 1.807) is 6.07 Å². The van der Waals surface area contributed by atoms with Gasteiger partial charge in [-0.1, -0.05) is 12.1 Å². The molecule has 144 valence electrons. The summed E-state index contributed by atoms with van der Waals surface area (Å²) in [4.78, 5) is 27.4. The third kappa shape index (κ3) is 5.63. The van der Waals surface area contributed by atoms with Crippen molar-refractivity contribution in [3.05, 3.63) is 35.4 Å². The average molecular weight is 389 g/mol. The van der Waals surface area contributed by atoms with Crippen molar-refractivity contribution < 1.29 is 22.8 Å². The van der Waals surface area contributed by atoms with E-state index < -0.39 is 17.1 Å². The van der Waals surface area contributed by atoms with Gasteiger partial charge in [0, 0.05) is 26.1 Å². The van der Waals surface area contributed by atoms with Gasteiger partial charge in [-0.3, -0.25) is 9.59 Å². The Balaban J connectivity index is 1.99. The van der Waals surface area contributed by atoms with Crippen molar-refractivity contribution in [2.45, 2.75) is 18.0 Å². The number of halogens is 3. The summed E-state index contributed by atoms with van der Waals surface area (Å²) in [5.41, 5.74) is -0.319. The van der Waals surface area contributed by atoms with E-state index in [0.717, 1.165) is 12.1 Å². The Labute approximate surface area is 154 Å². The number of nitrogens with zero attached hydrogens (tertiary/aromatic N) is 2. The van der Waals surface area contributed by atoms with Crippen LogP contribution in [0.3, 0.4) is 0 Å². The number of rotatable bonds is 7. The molecule has 1 aliphatic heterocycles. The highest BCUT2D eigenvalue weighted by Gasteiger charge is 2.35. The highest BCUT2D eigenvalue weighted by atomic mass is 32.2. The quantitative estimate of drug-likeness (QED) is 0.778. The minimum Gasteiger partial charge on any atom is -0.355 e. The van der Waals surface area contributed by atoms with Crippen molar-refractivity contribution in [1.82, 2.24) is 15.1 Å². The standard InChI is InChI=1S/C17H22F3N3O2S/c1-22(2)9-7-21-14(24)6-8-23-15(25)11-26-16(23)12-4-3-5-13(10-12)17(18,19)20/h3-5,10,16H,6-9,11H2,1-2H3,(H,21,24). The molecule has 2 amide bonds. The van der Waals surface area contributed by atoms with Gasteiger partial charge in [0.15, 0.2) is 0 Å². The van der Waals surface area contributed by atoms with Gasteiger partial charge >= 0.3 is 6.18 Å². The number of amides is 2. The Hall–Kier alpha value is -1.74. The first-order valence-corrected chi connectivity index (χ1v) is 9.23. The summed E-state index contributed by atoms with van der Waals surface area (Å²) >= 11 is 1.28. The fourth-order valence-corrected chi connectivity index (χ4v) is 3.78. The van der Waals surface area contributed by atoms with Crippen molar-refractivity contribution >= 4 is 23.6 Å². The summed E-state index contributed by atoms with van der Waals surface area (Å²) in [6.45, 7) is 1.39. The second kappa shape index (κ2) is 8.77. The molecule has 0 aromatic heterocycles. The SMILES string of the molecule is CN(C)CCNC(=O)CCN1C(=O)CSC1c1cccc(C(F)(F)F)c1. The largest absolute Gasteiger partial charge is 0.416 e. The van der Waals surface area contributed by atoms with Crippen LogP contribution in [-0.2, 0) is 15.8 Å². The Morgan fingerprint density at radius 2 is 2.12 bits per heavy atom. The average Bonchev–Trinajstić information content (AvgIpc) is 2.93. The van der Waals surface area contributed by atoms with Gasteiger partial charge < -0.3 is 15.1 Å². The van der Waals surface area contributed by atoms with E-state index in [9.17, 15) is 22.8 Å². The zero-order chi connectivity index (χ0) is 19.3. The minimum atomic E-state index is -4.43. The van der Waals surface area contributed by atoms with E-state index in [0.29, 0.717) is 18.7 Å². The van der Waals surface area contributed by atoms with E-state index in [1.165, 1.54) is 22.7 Å². The topological polar surface area (TPSA) is 52.7 Å². The number of alkyl halides is 3. The molecule has 1 atom stereocenters. The van der Waals surface area contributed by atoms with Crippen LogP contribution >= 0.6 is 11.8 Å². The Kier molecular flexibility index (Phi) is 6.94. The molecule has 5 nitrogen and oxygen atoms in total. The molecule has 2 rings (SSSR count). The van der Waals surface area contributed by atoms with Crippen LogP contribution in [0, 0.1) is 0 Å². The molecule has 1 saturated heterocycles. The predicted molar refractivity (Wildman–Crippen MR) is 94.5 cm³/mol. The van der Waals surface area contributed by atoms with Crippen LogP contribution < -0.4 is 5.32 Å². The number of hydrogen-bond donors (Lipinski definition) is 1. The Bertz CT molecular complexity index is 652. The van der Waals surface area contributed by atoms with Gasteiger partial charge in [-0.05, 0) is 31.8 Å². The summed E-state index contributed by atoms with van der Waals surface area (Å²) in [5.74, 6) is -0.152. The lowest BCUT2D eigenvalue weighted by Gasteiger charge is -2.24. The highest BCUT2D eigenvalue weighted by molar-refractivity contribution is 8.00. The van der Waals surface area contributed by atoms with Crippen molar-refractivity contribution in [3.63, 3.8) is 0 Å². The molecule has 1 fully saturated rings. The van der Waals surface area contributed by atoms with Crippen LogP contribution in [0.5, 0.6) is 0 Å². The predicted octanol–water partition coefficient (Wildman–Crippen LogP) is 2.35. The van der Waals surface area contributed by atoms with Crippen LogP contribution in [0.25, 0.3) is 0 Å². The molecular weight excluding hydrogens is 367 g/mol. The van der Waals surface area contributed by atoms with E-state index in [4.69, 9.17) is 0 Å². The van der Waals surface area contributed by atoms with E-state index in [-0.39, 0.29) is 30.5 Å². The summed E-state index contributed by atoms with van der Waals surface area (Å²) in [7, 11) is 3.79. The number of carbonyl (C=O) groups excluding carboxylic acids is 2. The molecule has 1 aliphatic rings. The number of nitrogens with one attached hydrogen (secondary N) is 1. The summed E-state index contributed by atoms with van der Waals surface area (Å²) < 4.78 is 38.7. The second-order valence-electron chi connectivity index (χ2n) is 6.28. The molecule has 1 unspecified atom stereocenters. The summed E-state index contributed by atoms with van der Waals surface area (Å²) in [5, 5.41) is 2.26. The molecule has 1 N–H and O–H groups in total. The monoisotopic (exact) mass is 389 g/mol. The molecule has 26 heavy (non-hydrogen) atoms. The second-order valence-corrected chi connectivity index (χ2v) is 7.35. The van der Waals surface area contributed by atoms with Crippen molar-refractivity contribution in [1.29, 1.82) is 0 Å². The normalized spacial score (nSPS) is 17.8. The number of carbonyl (C=O) groups is 2. The van der Waals surface area contributed by atoms with Gasteiger partial charge in [-0.15, -0.1) is 11.8 Å². The zero-order valence-electron chi connectivity index (χ0n) is 14.7. The number of likely N-dealkylation sites (N-methyl/N-ethyl adjacent to an activating group) is 1. The molecule has 0 saturated carbocycles. The van der Waals surface area contributed by atoms with Crippen molar-refractivity contribution in [3.8, 4) is 0 Å². The van der Waals surface area contributed by atoms with Gasteiger partial charge in [0.2, 0.25) is 11.8 Å². The molecule has 0 spiro atoms. The minimum absolute atomic E-state index is 0.120. The number of thioether (sulfide) groups is 1. The molecular formula is C17H22F3N3O2S. The van der Waals surface area contributed by atoms with Gasteiger partial charge in [0.1, 0.15) is 5.37 Å². The first-order valence-electron chi connectivity index (χ1n) is 8.18. The summed E-state index contributed by atoms with van der Waals surface area (Å²) in [6, 6.07) is 5.00. The van der Waals surface area contributed by atoms with Crippen LogP contribution in [-0.4, -0.2) is 61.1 Å². The fourth-order valence-electron chi connectivity index (χ4n) is 2.57. The Morgan fingerprint density at radius 1 is 1.38 bits per heavy atom. The van der Waals surface area contributed by atoms with Crippen LogP contribution in [0.15, 0.2) is 24.3 Å². The van der Waals surface area contributed by atoms with E-state index in [1.807, 2.05) is 19.0 Å². The van der Waals surface area contributed by atoms with Gasteiger partial charge in [-0.25, -0.2) is 0 Å². The lowest BCUT2D eigenvalue weighted by molar-refractivity contribution is -0.137. The summed E-state index contributed by atoms with van der Waals surface area (Å²) in [6.07, 6.45) is -4.31. The molecule has 0 radical (unpaired) electrons. The smallest absolute Gasteiger partial charge is 0.355 e. The third-order valence-electron chi connectivity index (χ3n) is 3.93. The molecule has 1 aromatic rings. The van der Waals surface area contributed by atoms with E-state index >= 15 is 0 Å². The maximum atomic E-state index is 12.9. The molecule has 0 aliphatic carbocycles. The molecule has 1 aromatic carbocycles. The van der Waals surface area contributed by atoms with Gasteiger partial charge in [0.25, 0.3) is 0 Å². The van der Waals surface area contributed by atoms with E-state index in [2.05, 4.69) is 5.32 Å². The van der Waals surface area contributed by atoms with Gasteiger partial charge in [-0.2, -0.15) is 13.2 Å². The molecule has 9 heteroatoms. The molecule has 0 bridgehead atoms. The zero-order valence-corrected chi connectivity index (χ0v) is 15.5. The number of hydrogen-bond acceptors (Lipinski definition) is 4. The third-order valence-corrected chi connectivity index (χ3v) is 5.18. The van der Waals surface area contributed by atoms with Crippen LogP contribution in [0.4, 0.5) is 13.2 Å². The van der Waals surface area contributed by atoms with Crippen molar-refractivity contribution in [2.24, 2.45) is 0 Å². The lowest BCUT2D eigenvalue weighted by Crippen LogP contribution is -2.35. The van der Waals surface area contributed by atoms with Crippen LogP contribution in [0.2, 0.25) is 0 Å². The lowest BCUT2D eigenvalue weighted by atomic mass is 10.1. The van der Waals surface area contributed by atoms with Gasteiger partial charge in [0.05, 0.1) is 11.3 Å². The first kappa shape index (κ1) is 20.6. The number of benzene rings is 1. The first-order chi connectivity index (χ1) is 12.2. The van der Waals surface area contributed by atoms with Crippen molar-refractivity contribution in [2.75, 3.05) is 39.5 Å². The van der Waals surface area contributed by atoms with Crippen LogP contribution in [0.1, 0.15) is 22.9 Å².